The number of nitrogens with one attached hydrogen (secondary N) is 1. The molecule has 2 heterocycles. The highest BCUT2D eigenvalue weighted by Crippen LogP contribution is 2.38. The second kappa shape index (κ2) is 8.67. The summed E-state index contributed by atoms with van der Waals surface area (Å²) in [5, 5.41) is 2.59. The van der Waals surface area contributed by atoms with Crippen molar-refractivity contribution < 1.29 is 23.0 Å². The lowest BCUT2D eigenvalue weighted by molar-refractivity contribution is -0.113. The monoisotopic (exact) mass is 430 g/mol. The third-order valence-corrected chi connectivity index (χ3v) is 4.91. The first kappa shape index (κ1) is 20.1. The molecule has 1 aromatic heterocycles. The number of nitrogens with zero attached hydrogens (tertiary/aromatic N) is 1. The molecule has 3 aromatic rings. The number of rotatable bonds is 5. The summed E-state index contributed by atoms with van der Waals surface area (Å²) < 4.78 is 39.2. The molecule has 0 radical (unpaired) electrons. The molecule has 0 fully saturated rings. The number of hydrogen-bond acceptors (Lipinski definition) is 4. The predicted molar refractivity (Wildman–Crippen MR) is 108 cm³/mol. The Bertz CT molecular complexity index is 1080. The molecule has 0 aliphatic carbocycles. The molecule has 4 rings (SSSR count). The molecule has 5 nitrogen and oxygen atoms in total. The highest BCUT2D eigenvalue weighted by atomic mass is 35.5. The van der Waals surface area contributed by atoms with Crippen molar-refractivity contribution >= 4 is 23.2 Å². The highest BCUT2D eigenvalue weighted by molar-refractivity contribution is 6.29. The zero-order valence-electron chi connectivity index (χ0n) is 15.7. The smallest absolute Gasteiger partial charge is 0.239 e. The minimum absolute atomic E-state index is 0.137. The van der Waals surface area contributed by atoms with Crippen molar-refractivity contribution in [1.82, 2.24) is 4.98 Å². The van der Waals surface area contributed by atoms with Crippen molar-refractivity contribution in [2.24, 2.45) is 0 Å². The summed E-state index contributed by atoms with van der Waals surface area (Å²) in [4.78, 5) is 15.4. The van der Waals surface area contributed by atoms with Crippen LogP contribution in [0.15, 0.2) is 54.7 Å². The maximum Gasteiger partial charge on any atom is 0.239 e. The molecule has 0 bridgehead atoms. The maximum atomic E-state index is 14.1. The Labute approximate surface area is 176 Å². The van der Waals surface area contributed by atoms with Crippen molar-refractivity contribution in [3.8, 4) is 17.4 Å². The van der Waals surface area contributed by atoms with E-state index in [-0.39, 0.29) is 17.4 Å². The van der Waals surface area contributed by atoms with Gasteiger partial charge in [0.15, 0.2) is 11.6 Å². The van der Waals surface area contributed by atoms with E-state index < -0.39 is 17.7 Å². The number of anilines is 1. The molecule has 2 aromatic carbocycles. The Morgan fingerprint density at radius 2 is 2.10 bits per heavy atom. The Balaban J connectivity index is 1.45. The molecule has 30 heavy (non-hydrogen) atoms. The van der Waals surface area contributed by atoms with Crippen molar-refractivity contribution in [1.29, 1.82) is 0 Å². The fourth-order valence-electron chi connectivity index (χ4n) is 3.25. The number of halogens is 3. The van der Waals surface area contributed by atoms with Gasteiger partial charge in [-0.15, -0.1) is 11.6 Å². The third-order valence-electron chi connectivity index (χ3n) is 4.67. The normalized spacial score (nSPS) is 15.1. The number of aromatic nitrogens is 1. The third kappa shape index (κ3) is 4.36. The van der Waals surface area contributed by atoms with Crippen molar-refractivity contribution in [2.75, 3.05) is 11.2 Å². The molecule has 1 unspecified atom stereocenters. The molecule has 0 spiro atoms. The van der Waals surface area contributed by atoms with E-state index in [4.69, 9.17) is 21.1 Å². The van der Waals surface area contributed by atoms with Crippen LogP contribution in [0.5, 0.6) is 17.4 Å². The molecular formula is C22H17ClF2N2O3. The van der Waals surface area contributed by atoms with Gasteiger partial charge in [-0.05, 0) is 48.7 Å². The van der Waals surface area contributed by atoms with E-state index >= 15 is 0 Å². The van der Waals surface area contributed by atoms with Crippen molar-refractivity contribution in [3.63, 3.8) is 0 Å². The van der Waals surface area contributed by atoms with Crippen LogP contribution >= 0.6 is 11.6 Å². The van der Waals surface area contributed by atoms with Crippen LogP contribution < -0.4 is 14.8 Å². The number of benzene rings is 2. The van der Waals surface area contributed by atoms with Crippen LogP contribution in [0.2, 0.25) is 0 Å². The van der Waals surface area contributed by atoms with Gasteiger partial charge < -0.3 is 14.8 Å². The standard InChI is InChI=1S/C22H17ClF2N2O3/c23-11-20(28)27-14-5-9-21(26-12-14)29-15-6-8-18-13(10-15)4-7-19(30-18)16-2-1-3-17(24)22(16)25/h1-3,5-6,8-10,12,19H,4,7,11H2,(H,27,28). The average Bonchev–Trinajstić information content (AvgIpc) is 2.76. The Hall–Kier alpha value is -3.19. The van der Waals surface area contributed by atoms with Crippen LogP contribution in [0.3, 0.4) is 0 Å². The molecule has 1 N–H and O–H groups in total. The highest BCUT2D eigenvalue weighted by Gasteiger charge is 2.25. The number of hydrogen-bond donors (Lipinski definition) is 1. The summed E-state index contributed by atoms with van der Waals surface area (Å²) >= 11 is 5.45. The van der Waals surface area contributed by atoms with E-state index in [1.54, 1.807) is 24.3 Å². The predicted octanol–water partition coefficient (Wildman–Crippen LogP) is 5.40. The number of ether oxygens (including phenoxy) is 2. The van der Waals surface area contributed by atoms with E-state index in [0.717, 1.165) is 11.6 Å². The molecule has 1 aliphatic heterocycles. The number of fused-ring (bicyclic) bond motifs is 1. The SMILES string of the molecule is O=C(CCl)Nc1ccc(Oc2ccc3c(c2)CCC(c2cccc(F)c2F)O3)nc1. The second-order valence-corrected chi connectivity index (χ2v) is 6.99. The first-order valence-corrected chi connectivity index (χ1v) is 9.80. The van der Waals surface area contributed by atoms with Gasteiger partial charge in [0.25, 0.3) is 0 Å². The van der Waals surface area contributed by atoms with Gasteiger partial charge in [-0.1, -0.05) is 12.1 Å². The number of carbonyl (C=O) groups is 1. The van der Waals surface area contributed by atoms with Gasteiger partial charge in [-0.3, -0.25) is 4.79 Å². The number of amides is 1. The molecule has 1 atom stereocenters. The van der Waals surface area contributed by atoms with Gasteiger partial charge >= 0.3 is 0 Å². The molecule has 1 aliphatic rings. The lowest BCUT2D eigenvalue weighted by Crippen LogP contribution is -2.17. The van der Waals surface area contributed by atoms with E-state index in [2.05, 4.69) is 10.3 Å². The van der Waals surface area contributed by atoms with Gasteiger partial charge in [0, 0.05) is 11.6 Å². The molecule has 0 saturated heterocycles. The average molecular weight is 431 g/mol. The maximum absolute atomic E-state index is 14.1. The lowest BCUT2D eigenvalue weighted by Gasteiger charge is -2.27. The number of pyridine rings is 1. The van der Waals surface area contributed by atoms with Crippen LogP contribution in [-0.2, 0) is 11.2 Å². The minimum Gasteiger partial charge on any atom is -0.485 e. The summed E-state index contributed by atoms with van der Waals surface area (Å²) in [6.45, 7) is 0. The fraction of sp³-hybridized carbons (Fsp3) is 0.182. The van der Waals surface area contributed by atoms with Gasteiger partial charge in [-0.2, -0.15) is 0 Å². The topological polar surface area (TPSA) is 60.5 Å². The van der Waals surface area contributed by atoms with E-state index in [0.29, 0.717) is 35.9 Å². The summed E-state index contributed by atoms with van der Waals surface area (Å²) in [6, 6.07) is 12.7. The summed E-state index contributed by atoms with van der Waals surface area (Å²) in [5.41, 5.74) is 1.64. The van der Waals surface area contributed by atoms with E-state index in [1.807, 2.05) is 6.07 Å². The number of carbonyl (C=O) groups excluding carboxylic acids is 1. The second-order valence-electron chi connectivity index (χ2n) is 6.73. The first-order valence-electron chi connectivity index (χ1n) is 9.26. The van der Waals surface area contributed by atoms with Crippen molar-refractivity contribution in [3.05, 3.63) is 77.5 Å². The summed E-state index contributed by atoms with van der Waals surface area (Å²) in [5.74, 6) is -0.683. The molecule has 154 valence electrons. The fourth-order valence-corrected chi connectivity index (χ4v) is 3.31. The van der Waals surface area contributed by atoms with Crippen LogP contribution in [-0.4, -0.2) is 16.8 Å². The van der Waals surface area contributed by atoms with Gasteiger partial charge in [0.05, 0.1) is 11.9 Å². The first-order chi connectivity index (χ1) is 14.5. The zero-order chi connectivity index (χ0) is 21.1. The van der Waals surface area contributed by atoms with Crippen LogP contribution in [0.25, 0.3) is 0 Å². The van der Waals surface area contributed by atoms with Crippen molar-refractivity contribution in [2.45, 2.75) is 18.9 Å². The Kier molecular flexibility index (Phi) is 5.81. The van der Waals surface area contributed by atoms with E-state index in [9.17, 15) is 13.6 Å². The molecular weight excluding hydrogens is 414 g/mol. The summed E-state index contributed by atoms with van der Waals surface area (Å²) in [6.07, 6.45) is 2.07. The summed E-state index contributed by atoms with van der Waals surface area (Å²) in [7, 11) is 0. The number of alkyl halides is 1. The van der Waals surface area contributed by atoms with Gasteiger partial charge in [-0.25, -0.2) is 13.8 Å². The molecule has 8 heteroatoms. The Morgan fingerprint density at radius 3 is 2.87 bits per heavy atom. The van der Waals surface area contributed by atoms with Gasteiger partial charge in [0.2, 0.25) is 11.8 Å². The molecule has 0 saturated carbocycles. The van der Waals surface area contributed by atoms with Crippen LogP contribution in [0.4, 0.5) is 14.5 Å². The zero-order valence-corrected chi connectivity index (χ0v) is 16.5. The van der Waals surface area contributed by atoms with Crippen LogP contribution in [0, 0.1) is 11.6 Å². The Morgan fingerprint density at radius 1 is 1.23 bits per heavy atom. The minimum atomic E-state index is -0.883. The number of aryl methyl sites for hydroxylation is 1. The largest absolute Gasteiger partial charge is 0.485 e. The van der Waals surface area contributed by atoms with Gasteiger partial charge in [0.1, 0.15) is 23.5 Å². The van der Waals surface area contributed by atoms with Crippen LogP contribution in [0.1, 0.15) is 23.7 Å². The molecule has 1 amide bonds. The quantitative estimate of drug-likeness (QED) is 0.551. The van der Waals surface area contributed by atoms with E-state index in [1.165, 1.54) is 18.3 Å². The lowest BCUT2D eigenvalue weighted by atomic mass is 9.97.